The number of ether oxygens (including phenoxy) is 1. The van der Waals surface area contributed by atoms with Gasteiger partial charge < -0.3 is 4.74 Å². The highest BCUT2D eigenvalue weighted by atomic mass is 35.9. The third-order valence-electron chi connectivity index (χ3n) is 0.497. The van der Waals surface area contributed by atoms with Gasteiger partial charge in [0.15, 0.2) is 0 Å². The van der Waals surface area contributed by atoms with E-state index in [0.29, 0.717) is 6.61 Å². The summed E-state index contributed by atoms with van der Waals surface area (Å²) in [5, 5.41) is 0. The van der Waals surface area contributed by atoms with E-state index in [1.54, 1.807) is 0 Å². The minimum Gasteiger partial charge on any atom is -0.501 e. The first-order valence-electron chi connectivity index (χ1n) is 2.34. The molecule has 0 amide bonds. The zero-order valence-corrected chi connectivity index (χ0v) is 8.10. The van der Waals surface area contributed by atoms with Crippen LogP contribution in [0.5, 0.6) is 0 Å². The normalized spacial score (nSPS) is 12.3. The molecule has 0 aromatic carbocycles. The topological polar surface area (TPSA) is 9.23 Å². The fourth-order valence-electron chi connectivity index (χ4n) is 0.210. The zero-order valence-electron chi connectivity index (χ0n) is 4.88. The first kappa shape index (κ1) is 9.77. The third-order valence-corrected chi connectivity index (χ3v) is 2.01. The van der Waals surface area contributed by atoms with Gasteiger partial charge >= 0.3 is 0 Å². The lowest BCUT2D eigenvalue weighted by Gasteiger charge is -1.95. The molecule has 54 valence electrons. The van der Waals surface area contributed by atoms with E-state index in [9.17, 15) is 0 Å². The SMILES string of the molecule is CCO/C=C/P(=S)(Cl)Cl. The van der Waals surface area contributed by atoms with Crippen molar-refractivity contribution in [1.29, 1.82) is 0 Å². The van der Waals surface area contributed by atoms with Gasteiger partial charge in [-0.05, 0) is 6.92 Å². The summed E-state index contributed by atoms with van der Waals surface area (Å²) in [6, 6.07) is 0. The largest absolute Gasteiger partial charge is 0.501 e. The van der Waals surface area contributed by atoms with Crippen LogP contribution in [-0.4, -0.2) is 6.61 Å². The fourth-order valence-corrected chi connectivity index (χ4v) is 0.863. The molecule has 0 fully saturated rings. The van der Waals surface area contributed by atoms with Crippen LogP contribution in [0.25, 0.3) is 0 Å². The molecule has 0 aliphatic carbocycles. The molecule has 0 bridgehead atoms. The summed E-state index contributed by atoms with van der Waals surface area (Å²) >= 11 is 15.7. The van der Waals surface area contributed by atoms with Gasteiger partial charge in [-0.2, -0.15) is 0 Å². The van der Waals surface area contributed by atoms with Gasteiger partial charge in [0.2, 0.25) is 0 Å². The molecule has 0 saturated heterocycles. The first-order valence-corrected chi connectivity index (χ1v) is 7.03. The molecule has 0 aliphatic heterocycles. The predicted octanol–water partition coefficient (Wildman–Crippen LogP) is 3.28. The number of hydrogen-bond donors (Lipinski definition) is 0. The Morgan fingerprint density at radius 3 is 2.56 bits per heavy atom. The summed E-state index contributed by atoms with van der Waals surface area (Å²) in [5.74, 6) is 1.51. The van der Waals surface area contributed by atoms with Gasteiger partial charge in [0.05, 0.1) is 12.9 Å². The Hall–Kier alpha value is 0.770. The summed E-state index contributed by atoms with van der Waals surface area (Å²) in [4.78, 5) is 0. The molecular weight excluding hydrogens is 198 g/mol. The van der Waals surface area contributed by atoms with Gasteiger partial charge in [-0.3, -0.25) is 0 Å². The maximum absolute atomic E-state index is 5.49. The first-order chi connectivity index (χ1) is 4.06. The Morgan fingerprint density at radius 1 is 1.67 bits per heavy atom. The van der Waals surface area contributed by atoms with Crippen LogP contribution in [0.15, 0.2) is 12.1 Å². The summed E-state index contributed by atoms with van der Waals surface area (Å²) < 4.78 is 2.60. The van der Waals surface area contributed by atoms with Gasteiger partial charge in [-0.25, -0.2) is 0 Å². The van der Waals surface area contributed by atoms with Crippen molar-refractivity contribution < 1.29 is 4.74 Å². The van der Waals surface area contributed by atoms with E-state index in [1.807, 2.05) is 6.92 Å². The standard InChI is InChI=1S/C4H7Cl2OPS/c1-2-7-3-4-8(5,6)9/h3-4H,2H2,1H3/b4-3+. The van der Waals surface area contributed by atoms with E-state index in [4.69, 9.17) is 27.2 Å². The zero-order chi connectivity index (χ0) is 7.33. The van der Waals surface area contributed by atoms with Crippen LogP contribution >= 0.6 is 27.2 Å². The Labute approximate surface area is 69.6 Å². The molecule has 0 aliphatic rings. The molecule has 0 atom stereocenters. The maximum atomic E-state index is 5.49. The average molecular weight is 205 g/mol. The second-order valence-corrected chi connectivity index (χ2v) is 9.20. The molecule has 0 aromatic heterocycles. The van der Waals surface area contributed by atoms with Crippen molar-refractivity contribution in [1.82, 2.24) is 0 Å². The molecule has 0 radical (unpaired) electrons. The molecular formula is C4H7Cl2OPS. The maximum Gasteiger partial charge on any atom is 0.143 e. The second kappa shape index (κ2) is 4.56. The van der Waals surface area contributed by atoms with Crippen molar-refractivity contribution in [3.63, 3.8) is 0 Å². The van der Waals surface area contributed by atoms with E-state index in [0.717, 1.165) is 0 Å². The van der Waals surface area contributed by atoms with Crippen molar-refractivity contribution >= 4 is 39.0 Å². The van der Waals surface area contributed by atoms with Crippen LogP contribution < -0.4 is 0 Å². The highest BCUT2D eigenvalue weighted by molar-refractivity contribution is 8.40. The molecule has 1 nitrogen and oxygen atoms in total. The Balaban J connectivity index is 3.58. The molecule has 9 heavy (non-hydrogen) atoms. The molecule has 0 unspecified atom stereocenters. The second-order valence-electron chi connectivity index (χ2n) is 1.24. The van der Waals surface area contributed by atoms with Gasteiger partial charge in [0.1, 0.15) is 4.74 Å². The van der Waals surface area contributed by atoms with Crippen LogP contribution in [0.2, 0.25) is 0 Å². The lowest BCUT2D eigenvalue weighted by molar-refractivity contribution is 0.270. The minimum atomic E-state index is -2.22. The minimum absolute atomic E-state index is 0.611. The molecule has 0 heterocycles. The number of rotatable bonds is 3. The quantitative estimate of drug-likeness (QED) is 0.516. The van der Waals surface area contributed by atoms with E-state index in [1.165, 1.54) is 12.1 Å². The van der Waals surface area contributed by atoms with Crippen LogP contribution in [-0.2, 0) is 16.5 Å². The number of hydrogen-bond acceptors (Lipinski definition) is 2. The van der Waals surface area contributed by atoms with Crippen molar-refractivity contribution in [2.45, 2.75) is 6.92 Å². The van der Waals surface area contributed by atoms with Crippen molar-refractivity contribution in [2.75, 3.05) is 6.61 Å². The molecule has 0 N–H and O–H groups in total. The van der Waals surface area contributed by atoms with Gasteiger partial charge in [0.25, 0.3) is 0 Å². The lowest BCUT2D eigenvalue weighted by atomic mass is 10.9. The van der Waals surface area contributed by atoms with E-state index in [-0.39, 0.29) is 0 Å². The van der Waals surface area contributed by atoms with Crippen molar-refractivity contribution in [3.05, 3.63) is 12.1 Å². The van der Waals surface area contributed by atoms with Gasteiger partial charge in [-0.1, -0.05) is 34.3 Å². The van der Waals surface area contributed by atoms with Crippen LogP contribution in [0.4, 0.5) is 0 Å². The summed E-state index contributed by atoms with van der Waals surface area (Å²) in [6.07, 6.45) is 1.45. The van der Waals surface area contributed by atoms with Gasteiger partial charge in [0, 0.05) is 5.82 Å². The molecule has 0 aromatic rings. The molecule has 0 saturated carbocycles. The van der Waals surface area contributed by atoms with Crippen LogP contribution in [0.1, 0.15) is 6.92 Å². The van der Waals surface area contributed by atoms with E-state index >= 15 is 0 Å². The fraction of sp³-hybridized carbons (Fsp3) is 0.500. The monoisotopic (exact) mass is 204 g/mol. The number of halogens is 2. The lowest BCUT2D eigenvalue weighted by Crippen LogP contribution is -1.74. The van der Waals surface area contributed by atoms with E-state index in [2.05, 4.69) is 11.8 Å². The van der Waals surface area contributed by atoms with Crippen molar-refractivity contribution in [3.8, 4) is 0 Å². The summed E-state index contributed by atoms with van der Waals surface area (Å²) in [6.45, 7) is 2.48. The summed E-state index contributed by atoms with van der Waals surface area (Å²) in [5.41, 5.74) is 0. The van der Waals surface area contributed by atoms with Crippen LogP contribution in [0, 0.1) is 0 Å². The summed E-state index contributed by atoms with van der Waals surface area (Å²) in [7, 11) is 0. The highest BCUT2D eigenvalue weighted by Crippen LogP contribution is 2.58. The predicted molar refractivity (Wildman–Crippen MR) is 46.8 cm³/mol. The third kappa shape index (κ3) is 8.77. The van der Waals surface area contributed by atoms with E-state index < -0.39 is 4.74 Å². The van der Waals surface area contributed by atoms with Crippen LogP contribution in [0.3, 0.4) is 0 Å². The Bertz CT molecular complexity index is 142. The molecule has 0 rings (SSSR count). The highest BCUT2D eigenvalue weighted by Gasteiger charge is 1.99. The average Bonchev–Trinajstić information content (AvgIpc) is 1.63. The van der Waals surface area contributed by atoms with Crippen molar-refractivity contribution in [2.24, 2.45) is 0 Å². The smallest absolute Gasteiger partial charge is 0.143 e. The Kier molecular flexibility index (Phi) is 4.96. The van der Waals surface area contributed by atoms with Gasteiger partial charge in [-0.15, -0.1) is 0 Å². The Morgan fingerprint density at radius 2 is 2.22 bits per heavy atom. The molecule has 0 spiro atoms. The molecule has 5 heteroatoms.